The highest BCUT2D eigenvalue weighted by Gasteiger charge is 2.47. The van der Waals surface area contributed by atoms with Gasteiger partial charge in [-0.3, -0.25) is 9.59 Å². The lowest BCUT2D eigenvalue weighted by atomic mass is 9.87. The smallest absolute Gasteiger partial charge is 0.246 e. The van der Waals surface area contributed by atoms with Crippen LogP contribution in [-0.2, 0) is 16.0 Å². The fraction of sp³-hybridized carbons (Fsp3) is 0.560. The second kappa shape index (κ2) is 8.72. The molecule has 33 heavy (non-hydrogen) atoms. The van der Waals surface area contributed by atoms with Crippen LogP contribution >= 0.6 is 0 Å². The number of rotatable bonds is 6. The Hall–Kier alpha value is -3.03. The number of carboxylic acid groups (broad SMARTS) is 1. The maximum absolute atomic E-state index is 13.5. The van der Waals surface area contributed by atoms with Gasteiger partial charge in [0.1, 0.15) is 18.2 Å². The second-order valence-corrected chi connectivity index (χ2v) is 10.1. The molecule has 3 amide bonds. The van der Waals surface area contributed by atoms with Crippen LogP contribution in [-0.4, -0.2) is 56.9 Å². The minimum absolute atomic E-state index is 0.0525. The number of unbranched alkanes of at least 4 members (excludes halogenated alkanes) is 1. The van der Waals surface area contributed by atoms with Crippen LogP contribution in [0.2, 0.25) is 0 Å². The summed E-state index contributed by atoms with van der Waals surface area (Å²) >= 11 is 0. The molecule has 1 fully saturated rings. The summed E-state index contributed by atoms with van der Waals surface area (Å²) < 4.78 is 0. The van der Waals surface area contributed by atoms with E-state index < -0.39 is 23.7 Å². The molecule has 2 aliphatic rings. The number of piperazine rings is 1. The van der Waals surface area contributed by atoms with Gasteiger partial charge in [-0.05, 0) is 58.1 Å². The highest BCUT2D eigenvalue weighted by molar-refractivity contribution is 5.99. The van der Waals surface area contributed by atoms with Crippen molar-refractivity contribution in [3.63, 3.8) is 0 Å². The van der Waals surface area contributed by atoms with Crippen LogP contribution < -0.4 is 10.4 Å². The topological polar surface area (TPSA) is 109 Å². The van der Waals surface area contributed by atoms with Gasteiger partial charge in [0.2, 0.25) is 11.8 Å². The highest BCUT2D eigenvalue weighted by atomic mass is 16.4. The Bertz CT molecular complexity index is 1070. The molecule has 0 bridgehead atoms. The van der Waals surface area contributed by atoms with E-state index in [2.05, 4.69) is 16.4 Å². The largest absolute Gasteiger partial charge is 0.530 e. The van der Waals surface area contributed by atoms with E-state index in [0.717, 1.165) is 22.2 Å². The lowest BCUT2D eigenvalue weighted by Gasteiger charge is -2.46. The van der Waals surface area contributed by atoms with E-state index in [-0.39, 0.29) is 17.9 Å². The molecule has 0 saturated carbocycles. The molecule has 2 aromatic rings. The number of para-hydroxylation sites is 1. The third-order valence-corrected chi connectivity index (χ3v) is 6.96. The summed E-state index contributed by atoms with van der Waals surface area (Å²) in [4.78, 5) is 44.6. The van der Waals surface area contributed by atoms with Gasteiger partial charge in [-0.25, -0.2) is 0 Å². The Morgan fingerprint density at radius 2 is 1.94 bits per heavy atom. The van der Waals surface area contributed by atoms with E-state index >= 15 is 0 Å². The molecule has 2 unspecified atom stereocenters. The van der Waals surface area contributed by atoms with Crippen molar-refractivity contribution in [2.45, 2.75) is 83.5 Å². The lowest BCUT2D eigenvalue weighted by Crippen LogP contribution is -2.65. The molecule has 1 saturated heterocycles. The van der Waals surface area contributed by atoms with Crippen molar-refractivity contribution in [1.82, 2.24) is 20.1 Å². The maximum atomic E-state index is 13.5. The summed E-state index contributed by atoms with van der Waals surface area (Å²) in [5.74, 6) is -0.164. The first-order valence-electron chi connectivity index (χ1n) is 11.8. The molecule has 178 valence electrons. The monoisotopic (exact) mass is 453 g/mol. The number of nitrogens with zero attached hydrogens (tertiary/aromatic N) is 2. The third kappa shape index (κ3) is 4.18. The zero-order valence-electron chi connectivity index (χ0n) is 19.8. The molecular formula is C25H33N4O4-. The van der Waals surface area contributed by atoms with Gasteiger partial charge in [0.15, 0.2) is 0 Å². The molecule has 2 aliphatic heterocycles. The van der Waals surface area contributed by atoms with Crippen molar-refractivity contribution >= 4 is 28.8 Å². The number of carbonyl (C=O) groups is 3. The molecule has 8 heteroatoms. The zero-order chi connectivity index (χ0) is 23.9. The van der Waals surface area contributed by atoms with E-state index in [0.29, 0.717) is 38.6 Å². The summed E-state index contributed by atoms with van der Waals surface area (Å²) in [6, 6.07) is 6.81. The number of fused-ring (bicyclic) bond motifs is 4. The zero-order valence-corrected chi connectivity index (χ0v) is 19.8. The van der Waals surface area contributed by atoms with E-state index in [4.69, 9.17) is 0 Å². The molecular weight excluding hydrogens is 420 g/mol. The van der Waals surface area contributed by atoms with Crippen LogP contribution in [0, 0.1) is 0 Å². The average molecular weight is 454 g/mol. The van der Waals surface area contributed by atoms with Gasteiger partial charge >= 0.3 is 0 Å². The van der Waals surface area contributed by atoms with Gasteiger partial charge in [-0.1, -0.05) is 25.1 Å². The fourth-order valence-corrected chi connectivity index (χ4v) is 5.32. The van der Waals surface area contributed by atoms with Crippen molar-refractivity contribution in [3.05, 3.63) is 35.5 Å². The van der Waals surface area contributed by atoms with Crippen LogP contribution in [0.25, 0.3) is 10.9 Å². The molecule has 2 N–H and O–H groups in total. The summed E-state index contributed by atoms with van der Waals surface area (Å²) in [6.07, 6.45) is 1.73. The molecule has 3 atom stereocenters. The molecule has 1 aromatic heterocycles. The number of benzene rings is 1. The Morgan fingerprint density at radius 3 is 2.61 bits per heavy atom. The van der Waals surface area contributed by atoms with Gasteiger partial charge in [-0.2, -0.15) is 0 Å². The minimum Gasteiger partial charge on any atom is -0.530 e. The van der Waals surface area contributed by atoms with E-state index in [1.165, 1.54) is 4.90 Å². The average Bonchev–Trinajstić information content (AvgIpc) is 3.12. The molecule has 0 spiro atoms. The normalized spacial score (nSPS) is 22.7. The third-order valence-electron chi connectivity index (χ3n) is 6.96. The first-order valence-corrected chi connectivity index (χ1v) is 11.8. The van der Waals surface area contributed by atoms with Crippen LogP contribution in [0.5, 0.6) is 0 Å². The molecule has 1 aromatic carbocycles. The Kier molecular flexibility index (Phi) is 6.12. The molecule has 0 radical (unpaired) electrons. The Labute approximate surface area is 194 Å². The predicted molar refractivity (Wildman–Crippen MR) is 123 cm³/mol. The maximum Gasteiger partial charge on any atom is 0.246 e. The second-order valence-electron chi connectivity index (χ2n) is 10.1. The van der Waals surface area contributed by atoms with Gasteiger partial charge in [0.05, 0.1) is 6.04 Å². The molecule has 4 rings (SSSR count). The number of hydrogen-bond donors (Lipinski definition) is 2. The van der Waals surface area contributed by atoms with Crippen molar-refractivity contribution in [3.8, 4) is 0 Å². The summed E-state index contributed by atoms with van der Waals surface area (Å²) in [7, 11) is 0. The van der Waals surface area contributed by atoms with Gasteiger partial charge in [-0.15, -0.1) is 0 Å². The number of aromatic amines is 1. The number of aromatic nitrogens is 1. The van der Waals surface area contributed by atoms with Crippen molar-refractivity contribution in [2.75, 3.05) is 6.54 Å². The van der Waals surface area contributed by atoms with Crippen molar-refractivity contribution < 1.29 is 19.5 Å². The molecule has 3 heterocycles. The predicted octanol–water partition coefficient (Wildman–Crippen LogP) is 2.48. The van der Waals surface area contributed by atoms with Crippen LogP contribution in [0.3, 0.4) is 0 Å². The molecule has 8 nitrogen and oxygen atoms in total. The first kappa shape index (κ1) is 23.1. The van der Waals surface area contributed by atoms with Gasteiger partial charge < -0.3 is 30.0 Å². The Balaban J connectivity index is 1.48. The molecule has 0 aliphatic carbocycles. The lowest BCUT2D eigenvalue weighted by molar-refractivity contribution is -0.270. The van der Waals surface area contributed by atoms with Crippen LogP contribution in [0.15, 0.2) is 24.3 Å². The van der Waals surface area contributed by atoms with Gasteiger partial charge in [0.25, 0.3) is 0 Å². The first-order chi connectivity index (χ1) is 15.6. The SMILES string of the molecule is CCC1c2[nH]c3ccccc3c2C[C@H]2C(=O)NC(CCCCN(C(=O)[O-])C(C)(C)C)C(=O)N12. The minimum atomic E-state index is -1.19. The Morgan fingerprint density at radius 1 is 1.21 bits per heavy atom. The quantitative estimate of drug-likeness (QED) is 0.655. The summed E-state index contributed by atoms with van der Waals surface area (Å²) in [5, 5.41) is 15.5. The van der Waals surface area contributed by atoms with E-state index in [1.54, 1.807) is 4.90 Å². The number of carbonyl (C=O) groups excluding carboxylic acids is 3. The number of nitrogens with one attached hydrogen (secondary N) is 2. The summed E-state index contributed by atoms with van der Waals surface area (Å²) in [6.45, 7) is 7.86. The van der Waals surface area contributed by atoms with E-state index in [9.17, 15) is 19.5 Å². The van der Waals surface area contributed by atoms with Crippen LogP contribution in [0.1, 0.15) is 70.7 Å². The standard InChI is InChI=1S/C25H34N4O4/c1-5-19-21-16(15-10-6-7-11-17(15)26-21)14-20-22(30)27-18(23(31)29(19)20)12-8-9-13-28(24(32)33)25(2,3)4/h6-7,10-11,18-20,26H,5,8-9,12-14H2,1-4H3,(H,27,30)(H,32,33)/p-1/t18?,19?,20-/m0/s1. The van der Waals surface area contributed by atoms with Crippen LogP contribution in [0.4, 0.5) is 4.79 Å². The fourth-order valence-electron chi connectivity index (χ4n) is 5.32. The number of hydrogen-bond acceptors (Lipinski definition) is 4. The van der Waals surface area contributed by atoms with Gasteiger partial charge in [0, 0.05) is 35.1 Å². The van der Waals surface area contributed by atoms with E-state index in [1.807, 2.05) is 45.9 Å². The highest BCUT2D eigenvalue weighted by Crippen LogP contribution is 2.40. The van der Waals surface area contributed by atoms with Crippen molar-refractivity contribution in [2.24, 2.45) is 0 Å². The summed E-state index contributed by atoms with van der Waals surface area (Å²) in [5.41, 5.74) is 2.65. The number of H-pyrrole nitrogens is 1. The number of amides is 3. The van der Waals surface area contributed by atoms with Crippen molar-refractivity contribution in [1.29, 1.82) is 0 Å².